The summed E-state index contributed by atoms with van der Waals surface area (Å²) in [5, 5.41) is 50.8. The molecule has 0 spiro atoms. The molecule has 9 nitrogen and oxygen atoms in total. The maximum atomic E-state index is 13.4. The van der Waals surface area contributed by atoms with Crippen molar-refractivity contribution in [1.29, 1.82) is 0 Å². The van der Waals surface area contributed by atoms with Crippen LogP contribution in [0.5, 0.6) is 0 Å². The Bertz CT molecular complexity index is 930. The molecule has 1 heterocycles. The van der Waals surface area contributed by atoms with Crippen LogP contribution in [-0.4, -0.2) is 80.7 Å². The summed E-state index contributed by atoms with van der Waals surface area (Å²) in [4.78, 5) is 24.8. The fourth-order valence-electron chi connectivity index (χ4n) is 6.91. The molecule has 2 fully saturated rings. The first-order chi connectivity index (χ1) is 16.3. The lowest BCUT2D eigenvalue weighted by Gasteiger charge is -2.59. The number of ether oxygens (including phenoxy) is 2. The van der Waals surface area contributed by atoms with E-state index in [1.54, 1.807) is 0 Å². The Balaban J connectivity index is 1.60. The van der Waals surface area contributed by atoms with Crippen LogP contribution in [0.3, 0.4) is 0 Å². The minimum atomic E-state index is -1.81. The summed E-state index contributed by atoms with van der Waals surface area (Å²) in [5.41, 5.74) is 0.746. The van der Waals surface area contributed by atoms with E-state index >= 15 is 0 Å². The van der Waals surface area contributed by atoms with Gasteiger partial charge in [0.1, 0.15) is 18.3 Å². The fraction of sp³-hybridized carbons (Fsp3) is 0.769. The van der Waals surface area contributed by atoms with Gasteiger partial charge in [0.05, 0.1) is 12.7 Å². The molecule has 35 heavy (non-hydrogen) atoms. The van der Waals surface area contributed by atoms with Crippen LogP contribution in [0, 0.1) is 22.2 Å². The second kappa shape index (κ2) is 9.04. The van der Waals surface area contributed by atoms with Crippen LogP contribution in [0.15, 0.2) is 23.8 Å². The summed E-state index contributed by atoms with van der Waals surface area (Å²) < 4.78 is 11.1. The van der Waals surface area contributed by atoms with Crippen LogP contribution >= 0.6 is 0 Å². The van der Waals surface area contributed by atoms with Gasteiger partial charge in [-0.25, -0.2) is 4.79 Å². The largest absolute Gasteiger partial charge is 0.479 e. The summed E-state index contributed by atoms with van der Waals surface area (Å²) in [7, 11) is 0. The quantitative estimate of drug-likeness (QED) is 0.356. The average molecular weight is 495 g/mol. The van der Waals surface area contributed by atoms with Crippen molar-refractivity contribution in [1.82, 2.24) is 0 Å². The van der Waals surface area contributed by atoms with Gasteiger partial charge in [-0.1, -0.05) is 32.4 Å². The third kappa shape index (κ3) is 4.20. The fourth-order valence-corrected chi connectivity index (χ4v) is 6.91. The van der Waals surface area contributed by atoms with E-state index in [2.05, 4.69) is 20.4 Å². The number of hydrogen-bond donors (Lipinski definition) is 5. The van der Waals surface area contributed by atoms with Crippen molar-refractivity contribution in [3.05, 3.63) is 23.8 Å². The number of carboxylic acids is 1. The molecule has 4 rings (SSSR count). The first-order valence-corrected chi connectivity index (χ1v) is 12.4. The van der Waals surface area contributed by atoms with Gasteiger partial charge in [0.2, 0.25) is 0 Å². The van der Waals surface area contributed by atoms with Crippen molar-refractivity contribution in [2.75, 3.05) is 6.61 Å². The predicted octanol–water partition coefficient (Wildman–Crippen LogP) is 1.32. The molecule has 1 saturated heterocycles. The molecule has 5 N–H and O–H groups in total. The highest BCUT2D eigenvalue weighted by Gasteiger charge is 2.59. The van der Waals surface area contributed by atoms with Gasteiger partial charge in [-0.05, 0) is 54.4 Å². The van der Waals surface area contributed by atoms with E-state index in [0.29, 0.717) is 12.8 Å². The zero-order valence-corrected chi connectivity index (χ0v) is 20.6. The molecule has 1 aliphatic heterocycles. The van der Waals surface area contributed by atoms with Crippen LogP contribution in [-0.2, 0) is 19.1 Å². The Hall–Kier alpha value is -1.62. The molecule has 0 radical (unpaired) electrons. The second-order valence-electron chi connectivity index (χ2n) is 11.7. The average Bonchev–Trinajstić information content (AvgIpc) is 2.81. The topological polar surface area (TPSA) is 154 Å². The molecule has 9 heteroatoms. The number of aliphatic carboxylic acids is 1. The standard InChI is InChI=1S/C26H38O9/c1-5-24(2)8-6-14-13(11-24)15(27)10-16-25(14,3)9-7-17(28)26(16,4)12-34-23-20(31)18(29)19(30)21(35-23)22(32)33/h5,16-21,23,28-31H,1,6-12H2,2-4H3,(H,32,33)/t16-,17+,18-,19+,20+,21+,23-,24+,25-,26-/m1/s1. The van der Waals surface area contributed by atoms with Gasteiger partial charge in [0.15, 0.2) is 18.2 Å². The van der Waals surface area contributed by atoms with Crippen LogP contribution in [0.4, 0.5) is 0 Å². The number of carbonyl (C=O) groups excluding carboxylic acids is 1. The van der Waals surface area contributed by atoms with Gasteiger partial charge in [-0.15, -0.1) is 6.58 Å². The molecule has 0 aromatic carbocycles. The Morgan fingerprint density at radius 2 is 1.83 bits per heavy atom. The zero-order chi connectivity index (χ0) is 25.9. The highest BCUT2D eigenvalue weighted by molar-refractivity contribution is 5.98. The van der Waals surface area contributed by atoms with Crippen molar-refractivity contribution in [2.45, 2.75) is 96.1 Å². The Labute approximate surface area is 205 Å². The van der Waals surface area contributed by atoms with Crippen molar-refractivity contribution in [2.24, 2.45) is 22.2 Å². The lowest BCUT2D eigenvalue weighted by Crippen LogP contribution is -2.62. The molecule has 0 aromatic rings. The van der Waals surface area contributed by atoms with Gasteiger partial charge in [0, 0.05) is 11.8 Å². The molecule has 1 saturated carbocycles. The number of rotatable bonds is 5. The molecule has 0 aromatic heterocycles. The van der Waals surface area contributed by atoms with E-state index < -0.39 is 48.2 Å². The SMILES string of the molecule is C=C[C@@]1(C)CCC2=C(C1)C(=O)C[C@H]1[C@@](C)(CO[C@@H]3O[C@H](C(=O)O)[C@@H](O)[C@@H](O)[C@@H]3O)[C@@H](O)CC[C@]21C. The van der Waals surface area contributed by atoms with E-state index in [1.807, 2.05) is 13.0 Å². The zero-order valence-electron chi connectivity index (χ0n) is 20.6. The molecule has 0 unspecified atom stereocenters. The highest BCUT2D eigenvalue weighted by Crippen LogP contribution is 2.62. The van der Waals surface area contributed by atoms with Gasteiger partial charge in [-0.2, -0.15) is 0 Å². The molecule has 0 bridgehead atoms. The van der Waals surface area contributed by atoms with Gasteiger partial charge >= 0.3 is 5.97 Å². The summed E-state index contributed by atoms with van der Waals surface area (Å²) in [6, 6.07) is 0. The monoisotopic (exact) mass is 494 g/mol. The first-order valence-electron chi connectivity index (χ1n) is 12.4. The Morgan fingerprint density at radius 1 is 1.14 bits per heavy atom. The highest BCUT2D eigenvalue weighted by atomic mass is 16.7. The lowest BCUT2D eigenvalue weighted by molar-refractivity contribution is -0.305. The number of ketones is 1. The molecule has 0 amide bonds. The predicted molar refractivity (Wildman–Crippen MR) is 124 cm³/mol. The summed E-state index contributed by atoms with van der Waals surface area (Å²) >= 11 is 0. The number of hydrogen-bond acceptors (Lipinski definition) is 8. The van der Waals surface area contributed by atoms with Crippen molar-refractivity contribution < 1.29 is 44.6 Å². The minimum Gasteiger partial charge on any atom is -0.479 e. The van der Waals surface area contributed by atoms with Crippen LogP contribution in [0.2, 0.25) is 0 Å². The third-order valence-electron chi connectivity index (χ3n) is 9.43. The van der Waals surface area contributed by atoms with Gasteiger partial charge in [-0.3, -0.25) is 4.79 Å². The van der Waals surface area contributed by atoms with E-state index in [4.69, 9.17) is 9.47 Å². The Morgan fingerprint density at radius 3 is 2.46 bits per heavy atom. The van der Waals surface area contributed by atoms with E-state index in [1.165, 1.54) is 0 Å². The normalized spacial score (nSPS) is 48.2. The van der Waals surface area contributed by atoms with E-state index in [0.717, 1.165) is 30.4 Å². The number of fused-ring (bicyclic) bond motifs is 2. The second-order valence-corrected chi connectivity index (χ2v) is 11.7. The smallest absolute Gasteiger partial charge is 0.335 e. The van der Waals surface area contributed by atoms with E-state index in [-0.39, 0.29) is 35.6 Å². The van der Waals surface area contributed by atoms with Crippen molar-refractivity contribution in [3.8, 4) is 0 Å². The number of carbonyl (C=O) groups is 2. The van der Waals surface area contributed by atoms with E-state index in [9.17, 15) is 35.1 Å². The van der Waals surface area contributed by atoms with Gasteiger partial charge < -0.3 is 35.0 Å². The van der Waals surface area contributed by atoms with Crippen molar-refractivity contribution >= 4 is 11.8 Å². The number of aliphatic hydroxyl groups is 4. The number of allylic oxidation sites excluding steroid dienone is 3. The van der Waals surface area contributed by atoms with Crippen LogP contribution < -0.4 is 0 Å². The first kappa shape index (κ1) is 26.4. The minimum absolute atomic E-state index is 0.0778. The maximum Gasteiger partial charge on any atom is 0.335 e. The Kier molecular flexibility index (Phi) is 6.83. The summed E-state index contributed by atoms with van der Waals surface area (Å²) in [6.45, 7) is 9.98. The summed E-state index contributed by atoms with van der Waals surface area (Å²) in [6.07, 6.45) is -3.52. The number of carboxylic acid groups (broad SMARTS) is 1. The van der Waals surface area contributed by atoms with Crippen LogP contribution in [0.25, 0.3) is 0 Å². The molecule has 196 valence electrons. The molecular weight excluding hydrogens is 456 g/mol. The molecule has 4 aliphatic rings. The molecule has 3 aliphatic carbocycles. The van der Waals surface area contributed by atoms with Crippen molar-refractivity contribution in [3.63, 3.8) is 0 Å². The maximum absolute atomic E-state index is 13.4. The number of aliphatic hydroxyl groups excluding tert-OH is 4. The lowest BCUT2D eigenvalue weighted by atomic mass is 9.46. The molecular formula is C26H38O9. The van der Waals surface area contributed by atoms with Crippen LogP contribution in [0.1, 0.15) is 59.3 Å². The summed E-state index contributed by atoms with van der Waals surface area (Å²) in [5.74, 6) is -1.65. The molecule has 10 atom stereocenters. The number of Topliss-reactive ketones (excluding diaryl/α,β-unsaturated/α-hetero) is 1. The third-order valence-corrected chi connectivity index (χ3v) is 9.43. The van der Waals surface area contributed by atoms with Gasteiger partial charge in [0.25, 0.3) is 0 Å².